The third kappa shape index (κ3) is 6.99. The van der Waals surface area contributed by atoms with Crippen molar-refractivity contribution in [1.82, 2.24) is 4.90 Å². The number of likely N-dealkylation sites (tertiary alicyclic amines) is 1. The quantitative estimate of drug-likeness (QED) is 0.123. The maximum Gasteiger partial charge on any atom is 0.261 e. The van der Waals surface area contributed by atoms with Crippen molar-refractivity contribution in [2.45, 2.75) is 57.5 Å². The van der Waals surface area contributed by atoms with Gasteiger partial charge in [-0.05, 0) is 45.1 Å². The van der Waals surface area contributed by atoms with Crippen molar-refractivity contribution in [2.75, 3.05) is 13.7 Å². The third-order valence-electron chi connectivity index (χ3n) is 8.88. The van der Waals surface area contributed by atoms with Gasteiger partial charge in [0.25, 0.3) is 8.32 Å². The molecular formula is C39H45NO4Si. The first-order valence-electron chi connectivity index (χ1n) is 15.7. The van der Waals surface area contributed by atoms with Gasteiger partial charge in [-0.1, -0.05) is 130 Å². The third-order valence-corrected chi connectivity index (χ3v) is 13.9. The molecular weight excluding hydrogens is 575 g/mol. The number of methoxy groups -OCH3 is 1. The first-order chi connectivity index (χ1) is 21.8. The van der Waals surface area contributed by atoms with Crippen LogP contribution in [0.1, 0.15) is 38.3 Å². The standard InChI is InChI=1S/C39H45NO4Si/c1-6-16-36-37(43-28-31-17-10-7-11-18-31)35(38(41)40(36)27-30-23-25-32(42-5)26-24-30)29-44-45(39(2,3)4,33-19-12-8-13-20-33)34-21-14-9-15-22-34/h6-15,17-26,35-37H,1,16,27-29H2,2-5H3/t35-,36+,37-/m0/s1. The zero-order chi connectivity index (χ0) is 31.9. The minimum atomic E-state index is -2.87. The maximum absolute atomic E-state index is 14.5. The summed E-state index contributed by atoms with van der Waals surface area (Å²) in [6, 6.07) is 39.0. The smallest absolute Gasteiger partial charge is 0.261 e. The van der Waals surface area contributed by atoms with Gasteiger partial charge in [0.15, 0.2) is 0 Å². The number of ether oxygens (including phenoxy) is 2. The SMILES string of the molecule is C=CC[C@@H]1[C@@H](OCc2ccccc2)[C@H](CO[Si](c2ccccc2)(c2ccccc2)C(C)(C)C)C(=O)N1Cc1ccc(OC)cc1. The summed E-state index contributed by atoms with van der Waals surface area (Å²) in [5.41, 5.74) is 2.11. The number of benzene rings is 4. The van der Waals surface area contributed by atoms with Gasteiger partial charge in [-0.3, -0.25) is 4.79 Å². The largest absolute Gasteiger partial charge is 0.497 e. The minimum absolute atomic E-state index is 0.0497. The molecule has 0 aliphatic carbocycles. The summed E-state index contributed by atoms with van der Waals surface area (Å²) in [5, 5.41) is 2.17. The average Bonchev–Trinajstić information content (AvgIpc) is 3.30. The number of nitrogens with zero attached hydrogens (tertiary/aromatic N) is 1. The van der Waals surface area contributed by atoms with Crippen molar-refractivity contribution in [1.29, 1.82) is 0 Å². The van der Waals surface area contributed by atoms with Crippen LogP contribution in [0.5, 0.6) is 5.75 Å². The number of hydrogen-bond donors (Lipinski definition) is 0. The summed E-state index contributed by atoms with van der Waals surface area (Å²) in [7, 11) is -1.21. The highest BCUT2D eigenvalue weighted by Crippen LogP contribution is 2.39. The van der Waals surface area contributed by atoms with Gasteiger partial charge in [-0.25, -0.2) is 0 Å². The van der Waals surface area contributed by atoms with Crippen molar-refractivity contribution in [2.24, 2.45) is 5.92 Å². The van der Waals surface area contributed by atoms with Crippen LogP contribution in [0.3, 0.4) is 0 Å². The summed E-state index contributed by atoms with van der Waals surface area (Å²) in [5.74, 6) is 0.363. The number of carbonyl (C=O) groups is 1. The van der Waals surface area contributed by atoms with Gasteiger partial charge < -0.3 is 18.8 Å². The van der Waals surface area contributed by atoms with Gasteiger partial charge >= 0.3 is 0 Å². The molecule has 4 aromatic rings. The molecule has 1 saturated heterocycles. The van der Waals surface area contributed by atoms with Gasteiger partial charge in [0.05, 0.1) is 31.8 Å². The van der Waals surface area contributed by atoms with Crippen LogP contribution < -0.4 is 15.1 Å². The molecule has 1 aliphatic heterocycles. The second-order valence-electron chi connectivity index (χ2n) is 12.7. The van der Waals surface area contributed by atoms with E-state index < -0.39 is 14.2 Å². The molecule has 1 heterocycles. The fourth-order valence-electron chi connectivity index (χ4n) is 6.65. The molecule has 0 aromatic heterocycles. The van der Waals surface area contributed by atoms with E-state index in [-0.39, 0.29) is 29.7 Å². The van der Waals surface area contributed by atoms with Crippen LogP contribution in [-0.4, -0.2) is 45.0 Å². The van der Waals surface area contributed by atoms with Crippen LogP contribution in [0, 0.1) is 5.92 Å². The first-order valence-corrected chi connectivity index (χ1v) is 17.6. The number of hydrogen-bond acceptors (Lipinski definition) is 4. The van der Waals surface area contributed by atoms with Crippen molar-refractivity contribution < 1.29 is 18.7 Å². The lowest BCUT2D eigenvalue weighted by molar-refractivity contribution is -0.133. The molecule has 6 heteroatoms. The highest BCUT2D eigenvalue weighted by molar-refractivity contribution is 6.99. The summed E-state index contributed by atoms with van der Waals surface area (Å²) in [6.07, 6.45) is 2.15. The Morgan fingerprint density at radius 1 is 0.800 bits per heavy atom. The number of amides is 1. The van der Waals surface area contributed by atoms with E-state index in [0.717, 1.165) is 16.9 Å². The molecule has 0 radical (unpaired) electrons. The van der Waals surface area contributed by atoms with Gasteiger partial charge in [0.1, 0.15) is 5.75 Å². The molecule has 0 unspecified atom stereocenters. The molecule has 234 valence electrons. The van der Waals surface area contributed by atoms with Gasteiger partial charge in [0, 0.05) is 13.2 Å². The minimum Gasteiger partial charge on any atom is -0.497 e. The number of carbonyl (C=O) groups excluding carboxylic acids is 1. The van der Waals surface area contributed by atoms with Gasteiger partial charge in [0.2, 0.25) is 5.91 Å². The Balaban J connectivity index is 1.53. The van der Waals surface area contributed by atoms with Crippen LogP contribution in [-0.2, 0) is 27.1 Å². The van der Waals surface area contributed by atoms with Crippen molar-refractivity contribution in [3.63, 3.8) is 0 Å². The van der Waals surface area contributed by atoms with Crippen molar-refractivity contribution in [3.05, 3.63) is 139 Å². The molecule has 1 aliphatic rings. The molecule has 0 N–H and O–H groups in total. The van der Waals surface area contributed by atoms with E-state index in [9.17, 15) is 4.79 Å². The first kappa shape index (κ1) is 32.4. The van der Waals surface area contributed by atoms with Crippen LogP contribution in [0.4, 0.5) is 0 Å². The molecule has 45 heavy (non-hydrogen) atoms. The lowest BCUT2D eigenvalue weighted by atomic mass is 9.99. The zero-order valence-electron chi connectivity index (χ0n) is 26.9. The second kappa shape index (κ2) is 14.4. The van der Waals surface area contributed by atoms with E-state index in [0.29, 0.717) is 19.6 Å². The second-order valence-corrected chi connectivity index (χ2v) is 17.1. The Hall–Kier alpha value is -3.97. The molecule has 5 nitrogen and oxygen atoms in total. The summed E-state index contributed by atoms with van der Waals surface area (Å²) >= 11 is 0. The average molecular weight is 620 g/mol. The normalized spacial score (nSPS) is 18.6. The van der Waals surface area contributed by atoms with Crippen LogP contribution in [0.2, 0.25) is 5.04 Å². The lowest BCUT2D eigenvalue weighted by Gasteiger charge is -2.43. The Morgan fingerprint density at radius 3 is 1.87 bits per heavy atom. The fraction of sp³-hybridized carbons (Fsp3) is 0.308. The molecule has 0 spiro atoms. The maximum atomic E-state index is 14.5. The summed E-state index contributed by atoms with van der Waals surface area (Å²) in [4.78, 5) is 16.5. The van der Waals surface area contributed by atoms with Crippen molar-refractivity contribution >= 4 is 24.6 Å². The molecule has 5 rings (SSSR count). The van der Waals surface area contributed by atoms with E-state index in [1.807, 2.05) is 65.6 Å². The zero-order valence-corrected chi connectivity index (χ0v) is 27.9. The fourth-order valence-corrected chi connectivity index (χ4v) is 11.2. The molecule has 0 saturated carbocycles. The monoisotopic (exact) mass is 619 g/mol. The molecule has 4 aromatic carbocycles. The topological polar surface area (TPSA) is 48.0 Å². The summed E-state index contributed by atoms with van der Waals surface area (Å²) in [6.45, 7) is 12.0. The Bertz CT molecular complexity index is 1480. The predicted molar refractivity (Wildman–Crippen MR) is 184 cm³/mol. The highest BCUT2D eigenvalue weighted by atomic mass is 28.4. The van der Waals surface area contributed by atoms with Crippen LogP contribution >= 0.6 is 0 Å². The lowest BCUT2D eigenvalue weighted by Crippen LogP contribution is -2.67. The van der Waals surface area contributed by atoms with E-state index in [4.69, 9.17) is 13.9 Å². The molecule has 1 fully saturated rings. The van der Waals surface area contributed by atoms with Gasteiger partial charge in [-0.2, -0.15) is 0 Å². The van der Waals surface area contributed by atoms with Crippen molar-refractivity contribution in [3.8, 4) is 5.75 Å². The predicted octanol–water partition coefficient (Wildman–Crippen LogP) is 6.76. The molecule has 3 atom stereocenters. The highest BCUT2D eigenvalue weighted by Gasteiger charge is 2.53. The van der Waals surface area contributed by atoms with E-state index >= 15 is 0 Å². The Morgan fingerprint density at radius 2 is 1.36 bits per heavy atom. The molecule has 1 amide bonds. The molecule has 0 bridgehead atoms. The van der Waals surface area contributed by atoms with E-state index in [1.165, 1.54) is 10.4 Å². The van der Waals surface area contributed by atoms with E-state index in [2.05, 4.69) is 88.0 Å². The van der Waals surface area contributed by atoms with E-state index in [1.54, 1.807) is 7.11 Å². The van der Waals surface area contributed by atoms with Crippen LogP contribution in [0.15, 0.2) is 128 Å². The number of rotatable bonds is 13. The Labute approximate surface area is 269 Å². The van der Waals surface area contributed by atoms with Crippen LogP contribution in [0.25, 0.3) is 0 Å². The Kier molecular flexibility index (Phi) is 10.4. The van der Waals surface area contributed by atoms with Gasteiger partial charge in [-0.15, -0.1) is 6.58 Å². The summed E-state index contributed by atoms with van der Waals surface area (Å²) < 4.78 is 19.4.